The second-order valence-corrected chi connectivity index (χ2v) is 8.90. The Morgan fingerprint density at radius 3 is 2.74 bits per heavy atom. The molecule has 3 saturated carbocycles. The average molecular weight is 448 g/mol. The summed E-state index contributed by atoms with van der Waals surface area (Å²) in [4.78, 5) is 23.5. The molecule has 2 bridgehead atoms. The zero-order valence-electron chi connectivity index (χ0n) is 16.9. The van der Waals surface area contributed by atoms with Crippen LogP contribution >= 0.6 is 11.6 Å². The summed E-state index contributed by atoms with van der Waals surface area (Å²) < 4.78 is 24.2. The van der Waals surface area contributed by atoms with Gasteiger partial charge in [-0.15, -0.1) is 0 Å². The molecule has 10 heteroatoms. The lowest BCUT2D eigenvalue weighted by Gasteiger charge is -2.70. The van der Waals surface area contributed by atoms with Gasteiger partial charge in [0, 0.05) is 30.2 Å². The number of aromatic nitrogens is 2. The summed E-state index contributed by atoms with van der Waals surface area (Å²) in [6, 6.07) is 4.10. The second kappa shape index (κ2) is 7.80. The summed E-state index contributed by atoms with van der Waals surface area (Å²) >= 11 is 5.65. The third-order valence-corrected chi connectivity index (χ3v) is 6.35. The van der Waals surface area contributed by atoms with Crippen molar-refractivity contribution in [3.63, 3.8) is 0 Å². The van der Waals surface area contributed by atoms with Crippen LogP contribution < -0.4 is 20.3 Å². The van der Waals surface area contributed by atoms with E-state index in [-0.39, 0.29) is 34.4 Å². The molecule has 1 aromatic heterocycles. The van der Waals surface area contributed by atoms with E-state index in [1.807, 2.05) is 0 Å². The van der Waals surface area contributed by atoms with Crippen molar-refractivity contribution in [2.75, 3.05) is 43.1 Å². The lowest BCUT2D eigenvalue weighted by atomic mass is 9.44. The predicted octanol–water partition coefficient (Wildman–Crippen LogP) is 2.39. The number of hydrogen-bond donors (Lipinski definition) is 2. The van der Waals surface area contributed by atoms with E-state index in [0.717, 1.165) is 44.0 Å². The maximum atomic E-state index is 13.5. The quantitative estimate of drug-likeness (QED) is 0.673. The number of morpholine rings is 1. The molecule has 1 aromatic carbocycles. The molecule has 2 N–H and O–H groups in total. The molecule has 4 aliphatic rings. The van der Waals surface area contributed by atoms with Gasteiger partial charge >= 0.3 is 0 Å². The van der Waals surface area contributed by atoms with E-state index in [1.165, 1.54) is 18.2 Å². The fourth-order valence-electron chi connectivity index (χ4n) is 4.73. The van der Waals surface area contributed by atoms with Crippen LogP contribution in [0.3, 0.4) is 0 Å². The summed E-state index contributed by atoms with van der Waals surface area (Å²) in [5.74, 6) is 1.06. The predicted molar refractivity (Wildman–Crippen MR) is 113 cm³/mol. The van der Waals surface area contributed by atoms with E-state index in [2.05, 4.69) is 20.5 Å². The van der Waals surface area contributed by atoms with Crippen molar-refractivity contribution in [1.29, 1.82) is 0 Å². The highest BCUT2D eigenvalue weighted by Crippen LogP contribution is 2.61. The Labute approximate surface area is 184 Å². The number of rotatable bonds is 7. The highest BCUT2D eigenvalue weighted by Gasteiger charge is 2.69. The smallest absolute Gasteiger partial charge is 0.258 e. The van der Waals surface area contributed by atoms with E-state index >= 15 is 0 Å². The third kappa shape index (κ3) is 4.12. The molecule has 1 saturated heterocycles. The van der Waals surface area contributed by atoms with Crippen molar-refractivity contribution in [3.05, 3.63) is 41.4 Å². The van der Waals surface area contributed by atoms with Gasteiger partial charge in [-0.1, -0.05) is 11.6 Å². The van der Waals surface area contributed by atoms with Crippen molar-refractivity contribution in [2.45, 2.75) is 30.3 Å². The average Bonchev–Trinajstić information content (AvgIpc) is 2.73. The standard InChI is InChI=1S/C21H23ClFN5O3/c22-15-2-1-14(7-16(15)23)31-10-19(29)27-21-11-20(12-21,13-21)26-17-8-24-9-18(25-17)28-3-5-30-6-4-28/h1-2,7-9H,3-6,10-13H2,(H,25,26)(H,27,29). The monoisotopic (exact) mass is 447 g/mol. The van der Waals surface area contributed by atoms with E-state index in [0.29, 0.717) is 13.2 Å². The normalized spacial score (nSPS) is 26.5. The molecule has 1 amide bonds. The number of hydrogen-bond acceptors (Lipinski definition) is 7. The first-order valence-corrected chi connectivity index (χ1v) is 10.6. The molecule has 0 radical (unpaired) electrons. The van der Waals surface area contributed by atoms with Crippen LogP contribution in [0.2, 0.25) is 5.02 Å². The number of anilines is 2. The largest absolute Gasteiger partial charge is 0.484 e. The van der Waals surface area contributed by atoms with Crippen LogP contribution in [-0.2, 0) is 9.53 Å². The first-order chi connectivity index (χ1) is 14.9. The van der Waals surface area contributed by atoms with Gasteiger partial charge in [-0.3, -0.25) is 9.78 Å². The molecule has 4 fully saturated rings. The maximum Gasteiger partial charge on any atom is 0.258 e. The molecule has 2 aromatic rings. The number of ether oxygens (including phenoxy) is 2. The minimum Gasteiger partial charge on any atom is -0.484 e. The van der Waals surface area contributed by atoms with Crippen molar-refractivity contribution in [2.24, 2.45) is 0 Å². The van der Waals surface area contributed by atoms with E-state index in [4.69, 9.17) is 26.1 Å². The molecule has 2 heterocycles. The van der Waals surface area contributed by atoms with Crippen LogP contribution in [0, 0.1) is 5.82 Å². The molecule has 8 nitrogen and oxygen atoms in total. The molecule has 1 aliphatic heterocycles. The van der Waals surface area contributed by atoms with Gasteiger partial charge in [0.05, 0.1) is 30.6 Å². The Bertz CT molecular complexity index is 981. The Hall–Kier alpha value is -2.65. The summed E-state index contributed by atoms with van der Waals surface area (Å²) in [5, 5.41) is 6.56. The fourth-order valence-corrected chi connectivity index (χ4v) is 4.85. The van der Waals surface area contributed by atoms with Crippen molar-refractivity contribution in [3.8, 4) is 5.75 Å². The SMILES string of the molecule is O=C(COc1ccc(Cl)c(F)c1)NC12CC(Nc3cncc(N4CCOCC4)n3)(C1)C2. The number of halogens is 2. The van der Waals surface area contributed by atoms with Crippen LogP contribution in [0.1, 0.15) is 19.3 Å². The van der Waals surface area contributed by atoms with E-state index < -0.39 is 5.82 Å². The van der Waals surface area contributed by atoms with Gasteiger partial charge in [0.15, 0.2) is 6.61 Å². The molecular formula is C21H23ClFN5O3. The number of benzene rings is 1. The van der Waals surface area contributed by atoms with Crippen LogP contribution in [0.15, 0.2) is 30.6 Å². The molecule has 164 valence electrons. The fraction of sp³-hybridized carbons (Fsp3) is 0.476. The first-order valence-electron chi connectivity index (χ1n) is 10.3. The van der Waals surface area contributed by atoms with Gasteiger partial charge in [0.2, 0.25) is 0 Å². The molecule has 0 spiro atoms. The molecule has 3 aliphatic carbocycles. The Morgan fingerprint density at radius 1 is 1.23 bits per heavy atom. The zero-order valence-corrected chi connectivity index (χ0v) is 17.6. The van der Waals surface area contributed by atoms with Crippen molar-refractivity contribution >= 4 is 29.1 Å². The summed E-state index contributed by atoms with van der Waals surface area (Å²) in [6.07, 6.45) is 5.97. The minimum absolute atomic E-state index is 0.0173. The van der Waals surface area contributed by atoms with Gasteiger partial charge in [-0.05, 0) is 31.4 Å². The lowest BCUT2D eigenvalue weighted by molar-refractivity contribution is -0.135. The van der Waals surface area contributed by atoms with Gasteiger partial charge < -0.3 is 25.0 Å². The van der Waals surface area contributed by atoms with E-state index in [9.17, 15) is 9.18 Å². The summed E-state index contributed by atoms with van der Waals surface area (Å²) in [6.45, 7) is 2.84. The highest BCUT2D eigenvalue weighted by atomic mass is 35.5. The van der Waals surface area contributed by atoms with Gasteiger partial charge in [-0.2, -0.15) is 0 Å². The second-order valence-electron chi connectivity index (χ2n) is 8.49. The molecule has 0 atom stereocenters. The number of carbonyl (C=O) groups excluding carboxylic acids is 1. The van der Waals surface area contributed by atoms with Gasteiger partial charge in [0.25, 0.3) is 5.91 Å². The number of nitrogens with one attached hydrogen (secondary N) is 2. The lowest BCUT2D eigenvalue weighted by Crippen LogP contribution is -2.81. The van der Waals surface area contributed by atoms with Crippen molar-refractivity contribution < 1.29 is 18.7 Å². The maximum absolute atomic E-state index is 13.5. The van der Waals surface area contributed by atoms with Crippen LogP contribution in [0.5, 0.6) is 5.75 Å². The Kier molecular flexibility index (Phi) is 5.10. The molecule has 6 rings (SSSR count). The highest BCUT2D eigenvalue weighted by molar-refractivity contribution is 6.30. The first kappa shape index (κ1) is 20.3. The topological polar surface area (TPSA) is 88.6 Å². The Morgan fingerprint density at radius 2 is 2.00 bits per heavy atom. The summed E-state index contributed by atoms with van der Waals surface area (Å²) in [7, 11) is 0. The zero-order chi connectivity index (χ0) is 21.5. The Balaban J connectivity index is 1.10. The van der Waals surface area contributed by atoms with Crippen LogP contribution in [0.25, 0.3) is 0 Å². The van der Waals surface area contributed by atoms with Gasteiger partial charge in [-0.25, -0.2) is 9.37 Å². The number of carbonyl (C=O) groups is 1. The minimum atomic E-state index is -0.576. The number of amides is 1. The van der Waals surface area contributed by atoms with E-state index in [1.54, 1.807) is 12.4 Å². The molecular weight excluding hydrogens is 425 g/mol. The van der Waals surface area contributed by atoms with Gasteiger partial charge in [0.1, 0.15) is 23.2 Å². The molecule has 31 heavy (non-hydrogen) atoms. The third-order valence-electron chi connectivity index (χ3n) is 6.05. The van der Waals surface area contributed by atoms with Crippen LogP contribution in [-0.4, -0.2) is 59.9 Å². The molecule has 0 unspecified atom stereocenters. The summed E-state index contributed by atoms with van der Waals surface area (Å²) in [5.41, 5.74) is -0.250. The van der Waals surface area contributed by atoms with Crippen LogP contribution in [0.4, 0.5) is 16.0 Å². The van der Waals surface area contributed by atoms with Crippen molar-refractivity contribution in [1.82, 2.24) is 15.3 Å². The number of nitrogens with zero attached hydrogens (tertiary/aromatic N) is 3.